The molecule has 2 aromatic rings. The number of rotatable bonds is 1. The van der Waals surface area contributed by atoms with E-state index in [9.17, 15) is 5.11 Å². The minimum atomic E-state index is -0.267. The number of aliphatic hydroxyl groups excluding tert-OH is 1. The lowest BCUT2D eigenvalue weighted by Crippen LogP contribution is -2.24. The Morgan fingerprint density at radius 2 is 1.81 bits per heavy atom. The molecule has 0 fully saturated rings. The van der Waals surface area contributed by atoms with Gasteiger partial charge < -0.3 is 10.0 Å². The quantitative estimate of drug-likeness (QED) is 0.848. The van der Waals surface area contributed by atoms with Gasteiger partial charge in [-0.05, 0) is 67.0 Å². The second kappa shape index (κ2) is 5.19. The molecule has 21 heavy (non-hydrogen) atoms. The van der Waals surface area contributed by atoms with Gasteiger partial charge in [0.1, 0.15) is 0 Å². The van der Waals surface area contributed by atoms with Gasteiger partial charge in [0.05, 0.1) is 6.10 Å². The fourth-order valence-corrected chi connectivity index (χ4v) is 3.74. The maximum atomic E-state index is 10.1. The van der Waals surface area contributed by atoms with Gasteiger partial charge in [0.25, 0.3) is 0 Å². The predicted molar refractivity (Wildman–Crippen MR) is 86.1 cm³/mol. The molecule has 1 aliphatic carbocycles. The fourth-order valence-electron chi connectivity index (χ4n) is 3.74. The Morgan fingerprint density at radius 3 is 2.76 bits per heavy atom. The van der Waals surface area contributed by atoms with E-state index in [4.69, 9.17) is 0 Å². The highest BCUT2D eigenvalue weighted by Gasteiger charge is 2.21. The predicted octanol–water partition coefficient (Wildman–Crippen LogP) is 4.14. The molecule has 1 aliphatic heterocycles. The van der Waals surface area contributed by atoms with Crippen molar-refractivity contribution in [2.75, 3.05) is 11.4 Å². The van der Waals surface area contributed by atoms with Gasteiger partial charge in [0.2, 0.25) is 0 Å². The lowest BCUT2D eigenvalue weighted by atomic mass is 9.89. The summed E-state index contributed by atoms with van der Waals surface area (Å²) in [4.78, 5) is 2.43. The van der Waals surface area contributed by atoms with E-state index in [1.165, 1.54) is 35.3 Å². The van der Waals surface area contributed by atoms with Crippen LogP contribution in [0.3, 0.4) is 0 Å². The van der Waals surface area contributed by atoms with Crippen molar-refractivity contribution in [3.8, 4) is 0 Å². The molecule has 0 saturated heterocycles. The molecule has 1 unspecified atom stereocenters. The van der Waals surface area contributed by atoms with Gasteiger partial charge in [-0.25, -0.2) is 0 Å². The van der Waals surface area contributed by atoms with E-state index in [-0.39, 0.29) is 6.10 Å². The van der Waals surface area contributed by atoms with E-state index in [1.54, 1.807) is 0 Å². The second-order valence-electron chi connectivity index (χ2n) is 6.18. The number of hydrogen-bond donors (Lipinski definition) is 1. The second-order valence-corrected chi connectivity index (χ2v) is 6.18. The SMILES string of the molecule is OC1CCCc2cc(N3CCCc4ccccc43)ccc21. The molecule has 2 aliphatic rings. The van der Waals surface area contributed by atoms with E-state index in [2.05, 4.69) is 47.4 Å². The molecule has 1 atom stereocenters. The van der Waals surface area contributed by atoms with Crippen LogP contribution in [0.5, 0.6) is 0 Å². The van der Waals surface area contributed by atoms with Crippen LogP contribution in [0.4, 0.5) is 11.4 Å². The Kier molecular flexibility index (Phi) is 3.19. The first-order valence-electron chi connectivity index (χ1n) is 7.99. The summed E-state index contributed by atoms with van der Waals surface area (Å²) in [5.74, 6) is 0. The van der Waals surface area contributed by atoms with Gasteiger partial charge in [-0.1, -0.05) is 24.3 Å². The first-order chi connectivity index (χ1) is 10.3. The normalized spacial score (nSPS) is 20.8. The average Bonchev–Trinajstić information content (AvgIpc) is 2.54. The van der Waals surface area contributed by atoms with Crippen molar-refractivity contribution >= 4 is 11.4 Å². The van der Waals surface area contributed by atoms with Crippen molar-refractivity contribution < 1.29 is 5.11 Å². The Labute approximate surface area is 126 Å². The Balaban J connectivity index is 1.75. The highest BCUT2D eigenvalue weighted by atomic mass is 16.3. The van der Waals surface area contributed by atoms with Crippen LogP contribution in [0, 0.1) is 0 Å². The Morgan fingerprint density at radius 1 is 0.952 bits per heavy atom. The van der Waals surface area contributed by atoms with Crippen LogP contribution < -0.4 is 4.90 Å². The van der Waals surface area contributed by atoms with E-state index in [0.29, 0.717) is 0 Å². The van der Waals surface area contributed by atoms with Crippen molar-refractivity contribution in [1.29, 1.82) is 0 Å². The number of aryl methyl sites for hydroxylation is 2. The van der Waals surface area contributed by atoms with Gasteiger partial charge >= 0.3 is 0 Å². The summed E-state index contributed by atoms with van der Waals surface area (Å²) in [6, 6.07) is 15.3. The third-order valence-electron chi connectivity index (χ3n) is 4.83. The molecule has 0 radical (unpaired) electrons. The van der Waals surface area contributed by atoms with Gasteiger partial charge in [-0.15, -0.1) is 0 Å². The molecule has 4 rings (SSSR count). The molecule has 0 amide bonds. The lowest BCUT2D eigenvalue weighted by Gasteiger charge is -2.32. The van der Waals surface area contributed by atoms with Crippen molar-refractivity contribution in [1.82, 2.24) is 0 Å². The van der Waals surface area contributed by atoms with Crippen LogP contribution in [-0.4, -0.2) is 11.7 Å². The lowest BCUT2D eigenvalue weighted by molar-refractivity contribution is 0.156. The van der Waals surface area contributed by atoms with Crippen LogP contribution in [0.25, 0.3) is 0 Å². The van der Waals surface area contributed by atoms with Crippen molar-refractivity contribution in [3.63, 3.8) is 0 Å². The Bertz CT molecular complexity index is 664. The van der Waals surface area contributed by atoms with Crippen LogP contribution >= 0.6 is 0 Å². The highest BCUT2D eigenvalue weighted by molar-refractivity contribution is 5.68. The van der Waals surface area contributed by atoms with Gasteiger partial charge in [0.15, 0.2) is 0 Å². The van der Waals surface area contributed by atoms with Crippen molar-refractivity contribution in [3.05, 3.63) is 59.2 Å². The number of benzene rings is 2. The monoisotopic (exact) mass is 279 g/mol. The summed E-state index contributed by atoms with van der Waals surface area (Å²) in [7, 11) is 0. The van der Waals surface area contributed by atoms with Crippen LogP contribution in [-0.2, 0) is 12.8 Å². The molecular weight excluding hydrogens is 258 g/mol. The topological polar surface area (TPSA) is 23.5 Å². The highest BCUT2D eigenvalue weighted by Crippen LogP contribution is 2.37. The minimum absolute atomic E-state index is 0.267. The summed E-state index contributed by atoms with van der Waals surface area (Å²) in [6.45, 7) is 1.08. The number of aliphatic hydroxyl groups is 1. The summed E-state index contributed by atoms with van der Waals surface area (Å²) in [6.07, 6.45) is 5.20. The molecule has 0 saturated carbocycles. The van der Waals surface area contributed by atoms with E-state index < -0.39 is 0 Å². The molecule has 108 valence electrons. The molecule has 2 nitrogen and oxygen atoms in total. The van der Waals surface area contributed by atoms with Gasteiger partial charge in [0, 0.05) is 17.9 Å². The molecule has 0 bridgehead atoms. The smallest absolute Gasteiger partial charge is 0.0792 e. The van der Waals surface area contributed by atoms with Crippen LogP contribution in [0.1, 0.15) is 42.1 Å². The number of nitrogens with zero attached hydrogens (tertiary/aromatic N) is 1. The van der Waals surface area contributed by atoms with Gasteiger partial charge in [-0.2, -0.15) is 0 Å². The summed E-state index contributed by atoms with van der Waals surface area (Å²) >= 11 is 0. The average molecular weight is 279 g/mol. The first kappa shape index (κ1) is 12.9. The molecule has 0 spiro atoms. The molecule has 0 aromatic heterocycles. The maximum absolute atomic E-state index is 10.1. The zero-order chi connectivity index (χ0) is 14.2. The molecular formula is C19H21NO. The van der Waals surface area contributed by atoms with Gasteiger partial charge in [-0.3, -0.25) is 0 Å². The Hall–Kier alpha value is -1.80. The fraction of sp³-hybridized carbons (Fsp3) is 0.368. The number of fused-ring (bicyclic) bond motifs is 2. The number of para-hydroxylation sites is 1. The molecule has 1 N–H and O–H groups in total. The minimum Gasteiger partial charge on any atom is -0.388 e. The largest absolute Gasteiger partial charge is 0.388 e. The summed E-state index contributed by atoms with van der Waals surface area (Å²) < 4.78 is 0. The zero-order valence-electron chi connectivity index (χ0n) is 12.3. The van der Waals surface area contributed by atoms with E-state index in [0.717, 1.165) is 31.4 Å². The number of hydrogen-bond acceptors (Lipinski definition) is 2. The molecule has 1 heterocycles. The standard InChI is InChI=1S/C19H21NO/c21-19-9-3-6-15-13-16(10-11-17(15)19)20-12-4-7-14-5-1-2-8-18(14)20/h1-2,5,8,10-11,13,19,21H,3-4,6-7,9,12H2. The summed E-state index contributed by atoms with van der Waals surface area (Å²) in [5, 5.41) is 10.1. The van der Waals surface area contributed by atoms with Crippen molar-refractivity contribution in [2.24, 2.45) is 0 Å². The molecule has 2 aromatic carbocycles. The van der Waals surface area contributed by atoms with Crippen LogP contribution in [0.15, 0.2) is 42.5 Å². The van der Waals surface area contributed by atoms with Crippen molar-refractivity contribution in [2.45, 2.75) is 38.2 Å². The van der Waals surface area contributed by atoms with E-state index >= 15 is 0 Å². The maximum Gasteiger partial charge on any atom is 0.0792 e. The first-order valence-corrected chi connectivity index (χ1v) is 7.99. The summed E-state index contributed by atoms with van der Waals surface area (Å²) in [5.41, 5.74) is 6.53. The van der Waals surface area contributed by atoms with Crippen LogP contribution in [0.2, 0.25) is 0 Å². The van der Waals surface area contributed by atoms with E-state index in [1.807, 2.05) is 0 Å². The third kappa shape index (κ3) is 2.24. The zero-order valence-corrected chi connectivity index (χ0v) is 12.3. The molecule has 2 heteroatoms. The number of anilines is 2. The third-order valence-corrected chi connectivity index (χ3v) is 4.83.